The van der Waals surface area contributed by atoms with Gasteiger partial charge in [0, 0.05) is 10.6 Å². The summed E-state index contributed by atoms with van der Waals surface area (Å²) in [5, 5.41) is 5.65. The number of rotatable bonds is 4. The van der Waals surface area contributed by atoms with E-state index in [4.69, 9.17) is 4.74 Å². The summed E-state index contributed by atoms with van der Waals surface area (Å²) in [6, 6.07) is 8.43. The van der Waals surface area contributed by atoms with E-state index in [0.29, 0.717) is 0 Å². The molecule has 3 nitrogen and oxygen atoms in total. The van der Waals surface area contributed by atoms with Crippen LogP contribution in [0.15, 0.2) is 29.6 Å². The van der Waals surface area contributed by atoms with Gasteiger partial charge in [-0.05, 0) is 54.1 Å². The van der Waals surface area contributed by atoms with Crippen LogP contribution in [0.1, 0.15) is 23.4 Å². The topological polar surface area (TPSA) is 38.3 Å². The molecule has 2 heterocycles. The van der Waals surface area contributed by atoms with Crippen molar-refractivity contribution in [3.05, 3.63) is 40.8 Å². The van der Waals surface area contributed by atoms with Crippen LogP contribution >= 0.6 is 23.1 Å². The second kappa shape index (κ2) is 6.44. The molecule has 22 heavy (non-hydrogen) atoms. The van der Waals surface area contributed by atoms with E-state index in [1.807, 2.05) is 0 Å². The van der Waals surface area contributed by atoms with Gasteiger partial charge in [0.05, 0.1) is 18.5 Å². The third-order valence-electron chi connectivity index (χ3n) is 3.98. The number of ketones is 1. The highest BCUT2D eigenvalue weighted by molar-refractivity contribution is 7.99. The summed E-state index contributed by atoms with van der Waals surface area (Å²) < 4.78 is 5.56. The average Bonchev–Trinajstić information content (AvgIpc) is 3.19. The average molecular weight is 333 g/mol. The summed E-state index contributed by atoms with van der Waals surface area (Å²) in [4.78, 5) is 12.8. The number of benzene rings is 1. The molecular weight excluding hydrogens is 314 g/mol. The van der Waals surface area contributed by atoms with Crippen molar-refractivity contribution >= 4 is 28.9 Å². The van der Waals surface area contributed by atoms with Gasteiger partial charge >= 0.3 is 0 Å². The van der Waals surface area contributed by atoms with Crippen molar-refractivity contribution in [2.75, 3.05) is 12.9 Å². The van der Waals surface area contributed by atoms with Crippen LogP contribution in [0.2, 0.25) is 0 Å². The first-order valence-corrected chi connectivity index (χ1v) is 9.13. The minimum Gasteiger partial charge on any atom is -0.496 e. The highest BCUT2D eigenvalue weighted by atomic mass is 32.2. The molecule has 5 heteroatoms. The van der Waals surface area contributed by atoms with Crippen molar-refractivity contribution in [1.29, 1.82) is 0 Å². The molecule has 0 saturated carbocycles. The fraction of sp³-hybridized carbons (Fsp3) is 0.353. The van der Waals surface area contributed by atoms with Gasteiger partial charge in [-0.2, -0.15) is 0 Å². The molecule has 0 spiro atoms. The molecule has 1 aliphatic rings. The van der Waals surface area contributed by atoms with Crippen LogP contribution in [0.3, 0.4) is 0 Å². The Bertz CT molecular complexity index is 682. The quantitative estimate of drug-likeness (QED) is 0.917. The summed E-state index contributed by atoms with van der Waals surface area (Å²) in [7, 11) is 1.71. The fourth-order valence-corrected chi connectivity index (χ4v) is 4.78. The van der Waals surface area contributed by atoms with Crippen molar-refractivity contribution in [3.8, 4) is 16.2 Å². The molecule has 1 aromatic carbocycles. The first-order chi connectivity index (χ1) is 10.6. The molecule has 0 aliphatic carbocycles. The Balaban J connectivity index is 2.00. The van der Waals surface area contributed by atoms with Crippen LogP contribution in [0.4, 0.5) is 0 Å². The zero-order valence-corrected chi connectivity index (χ0v) is 14.5. The molecule has 1 aromatic heterocycles. The van der Waals surface area contributed by atoms with E-state index in [-0.39, 0.29) is 17.2 Å². The van der Waals surface area contributed by atoms with E-state index in [9.17, 15) is 4.79 Å². The number of Topliss-reactive ketones (excluding diaryl/α,β-unsaturated/α-hetero) is 1. The van der Waals surface area contributed by atoms with Gasteiger partial charge in [-0.1, -0.05) is 6.07 Å². The predicted molar refractivity (Wildman–Crippen MR) is 93.8 cm³/mol. The van der Waals surface area contributed by atoms with Gasteiger partial charge in [-0.25, -0.2) is 0 Å². The molecule has 0 radical (unpaired) electrons. The maximum absolute atomic E-state index is 11.6. The standard InChI is InChI=1S/C17H19NO2S2/c1-10-13(17-18-14(9-22-17)11(2)19)7-12(8-15(10)20-3)16-5-4-6-21-16/h4-8,14,17-18H,9H2,1-3H3. The lowest BCUT2D eigenvalue weighted by Gasteiger charge is -2.18. The molecule has 0 amide bonds. The van der Waals surface area contributed by atoms with E-state index in [2.05, 4.69) is 41.9 Å². The molecule has 116 valence electrons. The molecule has 3 rings (SSSR count). The number of carbonyl (C=O) groups is 1. The molecule has 1 saturated heterocycles. The highest BCUT2D eigenvalue weighted by Crippen LogP contribution is 2.40. The van der Waals surface area contributed by atoms with Gasteiger partial charge in [-0.15, -0.1) is 23.1 Å². The molecule has 1 fully saturated rings. The third kappa shape index (κ3) is 2.93. The highest BCUT2D eigenvalue weighted by Gasteiger charge is 2.30. The van der Waals surface area contributed by atoms with Crippen LogP contribution in [0, 0.1) is 6.92 Å². The first-order valence-electron chi connectivity index (χ1n) is 7.20. The van der Waals surface area contributed by atoms with Crippen molar-refractivity contribution in [2.45, 2.75) is 25.3 Å². The number of thiophene rings is 1. The number of nitrogens with one attached hydrogen (secondary N) is 1. The minimum atomic E-state index is -0.0502. The summed E-state index contributed by atoms with van der Waals surface area (Å²) in [6.07, 6.45) is 0. The zero-order chi connectivity index (χ0) is 15.7. The number of carbonyl (C=O) groups excluding carboxylic acids is 1. The Kier molecular flexibility index (Phi) is 4.57. The van der Waals surface area contributed by atoms with E-state index >= 15 is 0 Å². The minimum absolute atomic E-state index is 0.0502. The molecule has 1 aliphatic heterocycles. The predicted octanol–water partition coefficient (Wildman–Crippen LogP) is 4.02. The Hall–Kier alpha value is -1.30. The lowest BCUT2D eigenvalue weighted by atomic mass is 10.0. The van der Waals surface area contributed by atoms with Gasteiger partial charge in [-0.3, -0.25) is 10.1 Å². The van der Waals surface area contributed by atoms with Crippen LogP contribution < -0.4 is 10.1 Å². The maximum Gasteiger partial charge on any atom is 0.147 e. The number of ether oxygens (including phenoxy) is 1. The Morgan fingerprint density at radius 1 is 1.41 bits per heavy atom. The monoisotopic (exact) mass is 333 g/mol. The van der Waals surface area contributed by atoms with Gasteiger partial charge < -0.3 is 4.74 Å². The van der Waals surface area contributed by atoms with Crippen LogP contribution in [-0.4, -0.2) is 24.7 Å². The van der Waals surface area contributed by atoms with Crippen LogP contribution in [-0.2, 0) is 4.79 Å². The SMILES string of the molecule is COc1cc(-c2cccs2)cc(C2NC(C(C)=O)CS2)c1C. The largest absolute Gasteiger partial charge is 0.496 e. The molecule has 0 bridgehead atoms. The number of hydrogen-bond acceptors (Lipinski definition) is 5. The molecule has 1 N–H and O–H groups in total. The Morgan fingerprint density at radius 2 is 2.23 bits per heavy atom. The van der Waals surface area contributed by atoms with Crippen molar-refractivity contribution in [1.82, 2.24) is 5.32 Å². The second-order valence-corrected chi connectivity index (χ2v) is 7.50. The van der Waals surface area contributed by atoms with Crippen molar-refractivity contribution in [3.63, 3.8) is 0 Å². The van der Waals surface area contributed by atoms with Crippen molar-refractivity contribution in [2.24, 2.45) is 0 Å². The zero-order valence-electron chi connectivity index (χ0n) is 12.9. The van der Waals surface area contributed by atoms with Gasteiger partial charge in [0.15, 0.2) is 0 Å². The van der Waals surface area contributed by atoms with Gasteiger partial charge in [0.25, 0.3) is 0 Å². The summed E-state index contributed by atoms with van der Waals surface area (Å²) in [5.74, 6) is 1.92. The van der Waals surface area contributed by atoms with E-state index in [0.717, 1.165) is 17.1 Å². The fourth-order valence-electron chi connectivity index (χ4n) is 2.66. The third-order valence-corrected chi connectivity index (χ3v) is 6.15. The second-order valence-electron chi connectivity index (χ2n) is 5.41. The lowest BCUT2D eigenvalue weighted by Crippen LogP contribution is -2.32. The maximum atomic E-state index is 11.6. The lowest BCUT2D eigenvalue weighted by molar-refractivity contribution is -0.118. The Labute approximate surface area is 139 Å². The molecule has 2 atom stereocenters. The van der Waals surface area contributed by atoms with Gasteiger partial charge in [0.2, 0.25) is 0 Å². The number of thioether (sulfide) groups is 1. The molecule has 2 unspecified atom stereocenters. The molecule has 2 aromatic rings. The van der Waals surface area contributed by atoms with Gasteiger partial charge in [0.1, 0.15) is 11.5 Å². The number of hydrogen-bond donors (Lipinski definition) is 1. The smallest absolute Gasteiger partial charge is 0.147 e. The summed E-state index contributed by atoms with van der Waals surface area (Å²) in [5.41, 5.74) is 3.51. The summed E-state index contributed by atoms with van der Waals surface area (Å²) >= 11 is 3.51. The Morgan fingerprint density at radius 3 is 2.82 bits per heavy atom. The van der Waals surface area contributed by atoms with E-state index in [1.165, 1.54) is 16.0 Å². The first kappa shape index (κ1) is 15.6. The van der Waals surface area contributed by atoms with Crippen LogP contribution in [0.5, 0.6) is 5.75 Å². The summed E-state index contributed by atoms with van der Waals surface area (Å²) in [6.45, 7) is 3.73. The van der Waals surface area contributed by atoms with Crippen molar-refractivity contribution < 1.29 is 9.53 Å². The molecular formula is C17H19NO2S2. The van der Waals surface area contributed by atoms with E-state index in [1.54, 1.807) is 37.1 Å². The number of methoxy groups -OCH3 is 1. The van der Waals surface area contributed by atoms with E-state index < -0.39 is 0 Å². The normalized spacial score (nSPS) is 21.0. The van der Waals surface area contributed by atoms with Crippen LogP contribution in [0.25, 0.3) is 10.4 Å².